The van der Waals surface area contributed by atoms with E-state index in [1.807, 2.05) is 91.0 Å². The minimum atomic E-state index is -0.667. The third kappa shape index (κ3) is 5.66. The van der Waals surface area contributed by atoms with Crippen LogP contribution in [0.4, 0.5) is 5.69 Å². The highest BCUT2D eigenvalue weighted by atomic mass is 16.5. The normalized spacial score (nSPS) is 12.4. The number of anilines is 1. The van der Waals surface area contributed by atoms with E-state index in [1.165, 1.54) is 0 Å². The van der Waals surface area contributed by atoms with Crippen molar-refractivity contribution in [2.24, 2.45) is 0 Å². The summed E-state index contributed by atoms with van der Waals surface area (Å²) in [5, 5.41) is 25.5. The van der Waals surface area contributed by atoms with Crippen LogP contribution in [0.1, 0.15) is 34.0 Å². The second kappa shape index (κ2) is 10.6. The topological polar surface area (TPSA) is 81.6 Å². The molecule has 4 aromatic rings. The summed E-state index contributed by atoms with van der Waals surface area (Å²) < 4.78 is 0. The Morgan fingerprint density at radius 3 is 2.30 bits per heavy atom. The van der Waals surface area contributed by atoms with Crippen molar-refractivity contribution >= 4 is 28.4 Å². The zero-order valence-corrected chi connectivity index (χ0v) is 18.1. The van der Waals surface area contributed by atoms with E-state index in [0.29, 0.717) is 18.5 Å². The van der Waals surface area contributed by atoms with E-state index in [1.54, 1.807) is 17.6 Å². The molecule has 0 saturated carbocycles. The van der Waals surface area contributed by atoms with E-state index >= 15 is 0 Å². The zero-order valence-electron chi connectivity index (χ0n) is 18.1. The number of hydrogen-bond acceptors (Lipinski definition) is 4. The molecule has 4 aromatic carbocycles. The van der Waals surface area contributed by atoms with Gasteiger partial charge in [0.1, 0.15) is 0 Å². The smallest absolute Gasteiger partial charge is 0.274 e. The van der Waals surface area contributed by atoms with Crippen molar-refractivity contribution in [2.75, 3.05) is 11.9 Å². The van der Waals surface area contributed by atoms with Gasteiger partial charge in [-0.3, -0.25) is 10.0 Å². The molecule has 0 radical (unpaired) electrons. The highest BCUT2D eigenvalue weighted by Gasteiger charge is 2.14. The molecular formula is C28H26N2O3. The van der Waals surface area contributed by atoms with Gasteiger partial charge in [0.2, 0.25) is 0 Å². The minimum Gasteiger partial charge on any atom is -0.388 e. The van der Waals surface area contributed by atoms with E-state index in [9.17, 15) is 9.90 Å². The summed E-state index contributed by atoms with van der Waals surface area (Å²) in [5.74, 6) is -0.553. The van der Waals surface area contributed by atoms with Crippen LogP contribution < -0.4 is 10.8 Å². The van der Waals surface area contributed by atoms with Crippen molar-refractivity contribution in [2.45, 2.75) is 12.5 Å². The Morgan fingerprint density at radius 2 is 1.55 bits per heavy atom. The number of amides is 1. The molecule has 0 heterocycles. The monoisotopic (exact) mass is 438 g/mol. The van der Waals surface area contributed by atoms with Gasteiger partial charge >= 0.3 is 0 Å². The number of benzene rings is 4. The van der Waals surface area contributed by atoms with Crippen LogP contribution in [0, 0.1) is 0 Å². The van der Waals surface area contributed by atoms with Crippen molar-refractivity contribution < 1.29 is 15.1 Å². The van der Waals surface area contributed by atoms with Crippen molar-refractivity contribution in [3.05, 3.63) is 119 Å². The van der Waals surface area contributed by atoms with Gasteiger partial charge in [0, 0.05) is 24.2 Å². The van der Waals surface area contributed by atoms with E-state index in [-0.39, 0.29) is 0 Å². The Balaban J connectivity index is 1.60. The lowest BCUT2D eigenvalue weighted by Crippen LogP contribution is -2.18. The first-order valence-corrected chi connectivity index (χ1v) is 10.8. The number of para-hydroxylation sites is 1. The number of hydroxylamine groups is 1. The molecule has 0 saturated heterocycles. The second-order valence-electron chi connectivity index (χ2n) is 7.87. The molecule has 1 atom stereocenters. The average molecular weight is 439 g/mol. The summed E-state index contributed by atoms with van der Waals surface area (Å²) in [6.45, 7) is 0.560. The largest absolute Gasteiger partial charge is 0.388 e. The fourth-order valence-corrected chi connectivity index (χ4v) is 3.88. The third-order valence-electron chi connectivity index (χ3n) is 5.58. The molecule has 4 N–H and O–H groups in total. The number of nitrogens with one attached hydrogen (secondary N) is 2. The molecule has 0 fully saturated rings. The van der Waals surface area contributed by atoms with Crippen LogP contribution in [0.25, 0.3) is 16.8 Å². The predicted molar refractivity (Wildman–Crippen MR) is 132 cm³/mol. The maximum Gasteiger partial charge on any atom is 0.274 e. The SMILES string of the molecule is O=C(NO)c1ccc(C=C(CNc2ccccc2)CC(O)c2cccc3ccccc23)cc1. The fourth-order valence-electron chi connectivity index (χ4n) is 3.88. The van der Waals surface area contributed by atoms with Gasteiger partial charge in [0.05, 0.1) is 6.10 Å². The molecule has 0 aliphatic carbocycles. The first-order chi connectivity index (χ1) is 16.1. The van der Waals surface area contributed by atoms with Gasteiger partial charge in [0.15, 0.2) is 0 Å². The number of carbonyl (C=O) groups is 1. The molecule has 0 aromatic heterocycles. The number of carbonyl (C=O) groups excluding carboxylic acids is 1. The summed E-state index contributed by atoms with van der Waals surface area (Å²) in [7, 11) is 0. The van der Waals surface area contributed by atoms with Crippen molar-refractivity contribution in [3.8, 4) is 0 Å². The Kier molecular flexibility index (Phi) is 7.15. The number of aliphatic hydroxyl groups is 1. The Labute approximate surface area is 193 Å². The van der Waals surface area contributed by atoms with E-state index in [0.717, 1.165) is 33.2 Å². The number of aliphatic hydroxyl groups excluding tert-OH is 1. The standard InChI is InChI=1S/C28H26N2O3/c31-27(26-12-6-8-22-7-4-5-11-25(22)26)18-21(19-29-24-9-2-1-3-10-24)17-20-13-15-23(16-14-20)28(32)30-33/h1-17,27,29,31,33H,18-19H2,(H,30,32). The molecule has 0 aliphatic rings. The summed E-state index contributed by atoms with van der Waals surface area (Å²) in [6, 6.07) is 30.9. The van der Waals surface area contributed by atoms with Gasteiger partial charge in [-0.05, 0) is 51.7 Å². The number of hydrogen-bond donors (Lipinski definition) is 4. The van der Waals surface area contributed by atoms with Gasteiger partial charge < -0.3 is 10.4 Å². The molecule has 0 aliphatic heterocycles. The zero-order chi connectivity index (χ0) is 23.0. The Hall–Kier alpha value is -3.93. The average Bonchev–Trinajstić information content (AvgIpc) is 2.87. The maximum absolute atomic E-state index is 11.6. The molecule has 1 unspecified atom stereocenters. The Morgan fingerprint density at radius 1 is 0.848 bits per heavy atom. The van der Waals surface area contributed by atoms with Gasteiger partial charge in [0.25, 0.3) is 5.91 Å². The molecule has 0 spiro atoms. The van der Waals surface area contributed by atoms with Gasteiger partial charge in [-0.2, -0.15) is 0 Å². The van der Waals surface area contributed by atoms with Crippen molar-refractivity contribution in [1.82, 2.24) is 5.48 Å². The molecule has 0 bridgehead atoms. The lowest BCUT2D eigenvalue weighted by atomic mass is 9.95. The lowest BCUT2D eigenvalue weighted by molar-refractivity contribution is 0.0706. The predicted octanol–water partition coefficient (Wildman–Crippen LogP) is 5.58. The van der Waals surface area contributed by atoms with Gasteiger partial charge in [-0.15, -0.1) is 0 Å². The first-order valence-electron chi connectivity index (χ1n) is 10.8. The quantitative estimate of drug-likeness (QED) is 0.214. The summed E-state index contributed by atoms with van der Waals surface area (Å²) in [6.07, 6.45) is 1.80. The molecule has 33 heavy (non-hydrogen) atoms. The maximum atomic E-state index is 11.6. The van der Waals surface area contributed by atoms with Crippen molar-refractivity contribution in [3.63, 3.8) is 0 Å². The van der Waals surface area contributed by atoms with Crippen molar-refractivity contribution in [1.29, 1.82) is 0 Å². The molecule has 1 amide bonds. The lowest BCUT2D eigenvalue weighted by Gasteiger charge is -2.17. The molecule has 5 nitrogen and oxygen atoms in total. The Bertz CT molecular complexity index is 1250. The number of fused-ring (bicyclic) bond motifs is 1. The molecule has 5 heteroatoms. The highest BCUT2D eigenvalue weighted by molar-refractivity contribution is 5.93. The molecule has 166 valence electrons. The van der Waals surface area contributed by atoms with Crippen LogP contribution in [-0.2, 0) is 0 Å². The van der Waals surface area contributed by atoms with Crippen LogP contribution in [0.5, 0.6) is 0 Å². The number of rotatable bonds is 8. The first kappa shape index (κ1) is 22.3. The van der Waals surface area contributed by atoms with Gasteiger partial charge in [-0.25, -0.2) is 5.48 Å². The fraction of sp³-hybridized carbons (Fsp3) is 0.107. The van der Waals surface area contributed by atoms with Crippen LogP contribution in [0.2, 0.25) is 0 Å². The summed E-state index contributed by atoms with van der Waals surface area (Å²) in [4.78, 5) is 11.6. The summed E-state index contributed by atoms with van der Waals surface area (Å²) >= 11 is 0. The van der Waals surface area contributed by atoms with Crippen LogP contribution in [0.15, 0.2) is 103 Å². The van der Waals surface area contributed by atoms with E-state index in [2.05, 4.69) is 5.32 Å². The van der Waals surface area contributed by atoms with Crippen LogP contribution in [0.3, 0.4) is 0 Å². The molecule has 4 rings (SSSR count). The van der Waals surface area contributed by atoms with Crippen LogP contribution in [-0.4, -0.2) is 22.8 Å². The molecular weight excluding hydrogens is 412 g/mol. The summed E-state index contributed by atoms with van der Waals surface area (Å²) in [5.41, 5.74) is 5.82. The van der Waals surface area contributed by atoms with E-state index < -0.39 is 12.0 Å². The van der Waals surface area contributed by atoms with E-state index in [4.69, 9.17) is 5.21 Å². The van der Waals surface area contributed by atoms with Gasteiger partial charge in [-0.1, -0.05) is 78.9 Å². The van der Waals surface area contributed by atoms with Crippen LogP contribution >= 0.6 is 0 Å². The minimum absolute atomic E-state index is 0.370. The second-order valence-corrected chi connectivity index (χ2v) is 7.87. The highest BCUT2D eigenvalue weighted by Crippen LogP contribution is 2.29. The third-order valence-corrected chi connectivity index (χ3v) is 5.58.